The summed E-state index contributed by atoms with van der Waals surface area (Å²) in [6, 6.07) is 16.6. The second-order valence-electron chi connectivity index (χ2n) is 13.4. The smallest absolute Gasteiger partial charge is 0.238 e. The van der Waals surface area contributed by atoms with Crippen molar-refractivity contribution in [3.63, 3.8) is 0 Å². The zero-order chi connectivity index (χ0) is 33.7. The maximum Gasteiger partial charge on any atom is 0.238 e. The number of Topliss-reactive ketones (excluding diaryl/α,β-unsaturated/α-hetero) is 1. The predicted octanol–water partition coefficient (Wildman–Crippen LogP) is 7.72. The molecule has 11 heteroatoms. The lowest BCUT2D eigenvalue weighted by Gasteiger charge is -2.44. The number of benzene rings is 3. The van der Waals surface area contributed by atoms with Gasteiger partial charge in [-0.05, 0) is 74.7 Å². The highest BCUT2D eigenvalue weighted by Gasteiger charge is 2.59. The number of ketones is 1. The van der Waals surface area contributed by atoms with Crippen molar-refractivity contribution in [2.45, 2.75) is 42.9 Å². The second-order valence-corrected chi connectivity index (χ2v) is 15.1. The Morgan fingerprint density at radius 2 is 1.23 bits per heavy atom. The number of aromatic nitrogens is 2. The van der Waals surface area contributed by atoms with Crippen LogP contribution in [0, 0.1) is 17.6 Å². The van der Waals surface area contributed by atoms with Gasteiger partial charge in [-0.2, -0.15) is 0 Å². The van der Waals surface area contributed by atoms with Crippen molar-refractivity contribution in [3.05, 3.63) is 104 Å². The minimum atomic E-state index is -0.778. The number of likely N-dealkylation sites (N-methyl/N-ethyl adjacent to an activating group) is 2. The Labute approximate surface area is 291 Å². The summed E-state index contributed by atoms with van der Waals surface area (Å²) in [7, 11) is 3.50. The van der Waals surface area contributed by atoms with Crippen LogP contribution < -0.4 is 9.80 Å². The Kier molecular flexibility index (Phi) is 7.13. The molecule has 3 aromatic carbocycles. The summed E-state index contributed by atoms with van der Waals surface area (Å²) in [5.74, 6) is -0.120. The van der Waals surface area contributed by atoms with Crippen LogP contribution >= 0.6 is 31.9 Å². The van der Waals surface area contributed by atoms with Gasteiger partial charge in [-0.3, -0.25) is 24.4 Å². The van der Waals surface area contributed by atoms with Crippen LogP contribution in [0.15, 0.2) is 75.9 Å². The van der Waals surface area contributed by atoms with Crippen LogP contribution in [0.3, 0.4) is 0 Å². The van der Waals surface area contributed by atoms with Crippen molar-refractivity contribution in [2.75, 3.05) is 23.9 Å². The molecular weight excluding hydrogens is 746 g/mol. The molecule has 0 N–H and O–H groups in total. The van der Waals surface area contributed by atoms with Gasteiger partial charge in [-0.1, -0.05) is 30.3 Å². The molecule has 9 rings (SSSR count). The van der Waals surface area contributed by atoms with E-state index in [0.717, 1.165) is 46.8 Å². The van der Waals surface area contributed by atoms with Crippen LogP contribution in [0.25, 0.3) is 21.8 Å². The zero-order valence-corrected chi connectivity index (χ0v) is 29.2. The largest absolute Gasteiger partial charge is 0.313 e. The van der Waals surface area contributed by atoms with Crippen LogP contribution in [-0.2, 0) is 31.6 Å². The van der Waals surface area contributed by atoms with E-state index in [0.29, 0.717) is 31.6 Å². The molecule has 0 radical (unpaired) electrons. The molecule has 2 saturated carbocycles. The number of nitrogens with zero attached hydrogens (tertiary/aromatic N) is 4. The lowest BCUT2D eigenvalue weighted by Crippen LogP contribution is -2.49. The molecule has 7 nitrogen and oxygen atoms in total. The fourth-order valence-electron chi connectivity index (χ4n) is 8.29. The van der Waals surface area contributed by atoms with Crippen LogP contribution in [0.2, 0.25) is 0 Å². The Morgan fingerprint density at radius 3 is 1.73 bits per heavy atom. The van der Waals surface area contributed by atoms with E-state index >= 15 is 0 Å². The Balaban J connectivity index is 0.000000145. The minimum Gasteiger partial charge on any atom is -0.313 e. The fraction of sp³-hybridized carbons (Fsp3) is 0.270. The van der Waals surface area contributed by atoms with Gasteiger partial charge in [0.1, 0.15) is 17.4 Å². The molecular formula is C37H28Br2F2N4O3. The Bertz CT molecular complexity index is 2230. The molecule has 2 amide bonds. The molecule has 0 atom stereocenters. The average molecular weight is 774 g/mol. The van der Waals surface area contributed by atoms with Gasteiger partial charge < -0.3 is 9.80 Å². The molecule has 2 spiro atoms. The number of hydrogen-bond donors (Lipinski definition) is 0. The van der Waals surface area contributed by atoms with Crippen molar-refractivity contribution in [3.8, 4) is 0 Å². The molecule has 242 valence electrons. The van der Waals surface area contributed by atoms with Crippen molar-refractivity contribution in [1.29, 1.82) is 0 Å². The monoisotopic (exact) mass is 772 g/mol. The molecule has 0 unspecified atom stereocenters. The van der Waals surface area contributed by atoms with Gasteiger partial charge in [0, 0.05) is 61.0 Å². The number of halogens is 4. The van der Waals surface area contributed by atoms with E-state index in [1.807, 2.05) is 13.1 Å². The number of anilines is 2. The first-order valence-electron chi connectivity index (χ1n) is 15.6. The maximum atomic E-state index is 14.0. The molecule has 48 heavy (non-hydrogen) atoms. The topological polar surface area (TPSA) is 83.5 Å². The van der Waals surface area contributed by atoms with Gasteiger partial charge in [-0.15, -0.1) is 0 Å². The van der Waals surface area contributed by atoms with Crippen LogP contribution in [-0.4, -0.2) is 41.7 Å². The summed E-state index contributed by atoms with van der Waals surface area (Å²) in [5, 5.41) is 1.60. The molecule has 2 aliphatic heterocycles. The molecule has 4 aliphatic rings. The zero-order valence-electron chi connectivity index (χ0n) is 26.0. The van der Waals surface area contributed by atoms with Gasteiger partial charge in [0.2, 0.25) is 11.8 Å². The van der Waals surface area contributed by atoms with Gasteiger partial charge in [0.15, 0.2) is 0 Å². The Morgan fingerprint density at radius 1 is 0.750 bits per heavy atom. The summed E-state index contributed by atoms with van der Waals surface area (Å²) < 4.78 is 28.4. The first kappa shape index (κ1) is 31.2. The lowest BCUT2D eigenvalue weighted by molar-refractivity contribution is -0.138. The number of pyridine rings is 2. The summed E-state index contributed by atoms with van der Waals surface area (Å²) in [6.07, 6.45) is 6.37. The predicted molar refractivity (Wildman–Crippen MR) is 186 cm³/mol. The first-order chi connectivity index (χ1) is 22.9. The molecule has 0 saturated heterocycles. The van der Waals surface area contributed by atoms with Crippen molar-refractivity contribution < 1.29 is 23.2 Å². The molecule has 4 heterocycles. The number of fused-ring (bicyclic) bond motifs is 8. The third kappa shape index (κ3) is 4.42. The average Bonchev–Trinajstić information content (AvgIpc) is 3.40. The standard InChI is InChI=1S/C22H18BrFN2O.C15H10BrFN2O2/c1-26-19-12-25-18-9-17(24)16(23)8-15(18)20(19)22(21(26)27)10-14(11-22)7-13-5-3-2-4-6-13;1-19-12-6-18-11-3-10(17)9(16)2-8(11)13(12)15(14(19)21)4-7(20)5-15/h2-6,8-9,12,14H,7,10-11H2,1H3;2-3,6H,4-5H2,1H3. The third-order valence-corrected chi connectivity index (χ3v) is 11.7. The van der Waals surface area contributed by atoms with Gasteiger partial charge in [0.05, 0.1) is 54.6 Å². The summed E-state index contributed by atoms with van der Waals surface area (Å²) in [6.45, 7) is 0. The summed E-state index contributed by atoms with van der Waals surface area (Å²) in [4.78, 5) is 49.2. The lowest BCUT2D eigenvalue weighted by atomic mass is 9.57. The van der Waals surface area contributed by atoms with E-state index in [1.165, 1.54) is 17.7 Å². The molecule has 5 aromatic rings. The molecule has 2 fully saturated rings. The number of rotatable bonds is 2. The molecule has 2 aliphatic carbocycles. The second kappa shape index (κ2) is 11.0. The fourth-order valence-corrected chi connectivity index (χ4v) is 8.97. The van der Waals surface area contributed by atoms with Crippen LogP contribution in [0.5, 0.6) is 0 Å². The first-order valence-corrected chi connectivity index (χ1v) is 17.2. The van der Waals surface area contributed by atoms with Crippen LogP contribution in [0.4, 0.5) is 20.2 Å². The SMILES string of the molecule is CN1C(=O)C2(CC(=O)C2)c2c1cnc1cc(F)c(Br)cc21.CN1C(=O)C2(CC(Cc3ccccc3)C2)c2c1cnc1cc(F)c(Br)cc21. The third-order valence-electron chi connectivity index (χ3n) is 10.5. The molecule has 2 aromatic heterocycles. The van der Waals surface area contributed by atoms with Gasteiger partial charge >= 0.3 is 0 Å². The van der Waals surface area contributed by atoms with E-state index in [2.05, 4.69) is 66.1 Å². The number of carbonyl (C=O) groups excluding carboxylic acids is 3. The maximum absolute atomic E-state index is 14.0. The highest BCUT2D eigenvalue weighted by Crippen LogP contribution is 2.58. The number of carbonyl (C=O) groups is 3. The minimum absolute atomic E-state index is 0.0770. The van der Waals surface area contributed by atoms with E-state index in [1.54, 1.807) is 41.4 Å². The number of amides is 2. The van der Waals surface area contributed by atoms with Crippen LogP contribution in [0.1, 0.15) is 42.4 Å². The van der Waals surface area contributed by atoms with Gasteiger partial charge in [-0.25, -0.2) is 8.78 Å². The highest BCUT2D eigenvalue weighted by molar-refractivity contribution is 9.10. The van der Waals surface area contributed by atoms with E-state index in [4.69, 9.17) is 0 Å². The van der Waals surface area contributed by atoms with E-state index in [-0.39, 0.29) is 36.3 Å². The normalized spacial score (nSPS) is 21.8. The van der Waals surface area contributed by atoms with Crippen molar-refractivity contribution in [2.24, 2.45) is 5.92 Å². The van der Waals surface area contributed by atoms with E-state index in [9.17, 15) is 23.2 Å². The highest BCUT2D eigenvalue weighted by atomic mass is 79.9. The Hall–Kier alpha value is -4.09. The van der Waals surface area contributed by atoms with Crippen molar-refractivity contribution >= 4 is 82.6 Å². The summed E-state index contributed by atoms with van der Waals surface area (Å²) >= 11 is 6.46. The number of hydrogen-bond acceptors (Lipinski definition) is 5. The molecule has 0 bridgehead atoms. The van der Waals surface area contributed by atoms with Crippen molar-refractivity contribution in [1.82, 2.24) is 9.97 Å². The van der Waals surface area contributed by atoms with E-state index < -0.39 is 16.6 Å². The van der Waals surface area contributed by atoms with Gasteiger partial charge in [0.25, 0.3) is 0 Å². The summed E-state index contributed by atoms with van der Waals surface area (Å²) in [5.41, 5.74) is 4.51. The quantitative estimate of drug-likeness (QED) is 0.184.